The van der Waals surface area contributed by atoms with E-state index in [1.807, 2.05) is 32.6 Å². The number of nitrogens with one attached hydrogen (secondary N) is 3. The van der Waals surface area contributed by atoms with Crippen LogP contribution in [-0.2, 0) is 4.74 Å². The highest BCUT2D eigenvalue weighted by molar-refractivity contribution is 5.92. The van der Waals surface area contributed by atoms with Crippen molar-refractivity contribution in [2.75, 3.05) is 20.1 Å². The molecule has 2 atom stereocenters. The number of furan rings is 1. The number of aryl methyl sites for hydroxylation is 1. The van der Waals surface area contributed by atoms with Crippen LogP contribution in [-0.4, -0.2) is 66.7 Å². The van der Waals surface area contributed by atoms with E-state index in [4.69, 9.17) is 9.15 Å². The number of ether oxygens (including phenoxy) is 1. The first-order chi connectivity index (χ1) is 15.2. The van der Waals surface area contributed by atoms with E-state index >= 15 is 0 Å². The Bertz CT molecular complexity index is 815. The molecule has 3 heterocycles. The summed E-state index contributed by atoms with van der Waals surface area (Å²) in [6.07, 6.45) is 5.88. The number of carbonyl (C=O) groups is 2. The second-order valence-electron chi connectivity index (χ2n) is 9.63. The van der Waals surface area contributed by atoms with Crippen molar-refractivity contribution in [2.24, 2.45) is 4.99 Å². The summed E-state index contributed by atoms with van der Waals surface area (Å²) in [5, 5.41) is 9.68. The maximum absolute atomic E-state index is 12.6. The zero-order chi connectivity index (χ0) is 23.3. The third-order valence-corrected chi connectivity index (χ3v) is 5.90. The molecule has 2 unspecified atom stereocenters. The zero-order valence-electron chi connectivity index (χ0n) is 19.9. The van der Waals surface area contributed by atoms with Crippen molar-refractivity contribution in [3.8, 4) is 0 Å². The van der Waals surface area contributed by atoms with Gasteiger partial charge in [-0.1, -0.05) is 0 Å². The minimum absolute atomic E-state index is 0.192. The minimum atomic E-state index is -0.478. The van der Waals surface area contributed by atoms with Crippen molar-refractivity contribution in [2.45, 2.75) is 83.5 Å². The molecule has 3 N–H and O–H groups in total. The van der Waals surface area contributed by atoms with E-state index < -0.39 is 5.60 Å². The number of nitrogens with zero attached hydrogens (tertiary/aromatic N) is 2. The number of hydrogen-bond acceptors (Lipinski definition) is 5. The van der Waals surface area contributed by atoms with Gasteiger partial charge in [0.05, 0.1) is 6.26 Å². The summed E-state index contributed by atoms with van der Waals surface area (Å²) in [6.45, 7) is 8.78. The van der Waals surface area contributed by atoms with Crippen molar-refractivity contribution in [3.63, 3.8) is 0 Å². The largest absolute Gasteiger partial charge is 0.459 e. The number of piperidine rings is 1. The Labute approximate surface area is 190 Å². The summed E-state index contributed by atoms with van der Waals surface area (Å²) in [6, 6.07) is 2.45. The number of amides is 2. The molecule has 2 saturated heterocycles. The third kappa shape index (κ3) is 6.17. The summed E-state index contributed by atoms with van der Waals surface area (Å²) in [5.74, 6) is 0.915. The second kappa shape index (κ2) is 10.3. The Morgan fingerprint density at radius 1 is 1.19 bits per heavy atom. The van der Waals surface area contributed by atoms with Crippen LogP contribution < -0.4 is 16.0 Å². The van der Waals surface area contributed by atoms with Gasteiger partial charge in [-0.25, -0.2) is 4.79 Å². The first-order valence-corrected chi connectivity index (χ1v) is 11.5. The number of fused-ring (bicyclic) bond motifs is 2. The lowest BCUT2D eigenvalue weighted by Gasteiger charge is -2.40. The van der Waals surface area contributed by atoms with Crippen molar-refractivity contribution in [1.29, 1.82) is 0 Å². The SMILES string of the molecule is CN=C(NCCCNC(=O)c1occc1C)NC1CC2CCC(C1)N2C(=O)OC(C)(C)C. The second-order valence-corrected chi connectivity index (χ2v) is 9.63. The number of guanidine groups is 1. The van der Waals surface area contributed by atoms with Gasteiger partial charge in [0, 0.05) is 43.8 Å². The number of hydrogen-bond donors (Lipinski definition) is 3. The molecule has 1 aromatic heterocycles. The van der Waals surface area contributed by atoms with Crippen molar-refractivity contribution in [1.82, 2.24) is 20.9 Å². The van der Waals surface area contributed by atoms with Crippen LogP contribution in [0.25, 0.3) is 0 Å². The van der Waals surface area contributed by atoms with Crippen molar-refractivity contribution in [3.05, 3.63) is 23.7 Å². The molecule has 0 saturated carbocycles. The topological polar surface area (TPSA) is 108 Å². The van der Waals surface area contributed by atoms with E-state index in [0.717, 1.165) is 43.6 Å². The van der Waals surface area contributed by atoms with Crippen LogP contribution >= 0.6 is 0 Å². The summed E-state index contributed by atoms with van der Waals surface area (Å²) < 4.78 is 10.8. The van der Waals surface area contributed by atoms with Crippen LogP contribution in [0.5, 0.6) is 0 Å². The fourth-order valence-corrected chi connectivity index (χ4v) is 4.48. The van der Waals surface area contributed by atoms with Crippen LogP contribution in [0.1, 0.15) is 69.0 Å². The summed E-state index contributed by atoms with van der Waals surface area (Å²) in [5.41, 5.74) is 0.352. The van der Waals surface area contributed by atoms with Gasteiger partial charge < -0.3 is 30.0 Å². The summed E-state index contributed by atoms with van der Waals surface area (Å²) in [7, 11) is 1.75. The normalized spacial score (nSPS) is 23.1. The highest BCUT2D eigenvalue weighted by Crippen LogP contribution is 2.36. The maximum atomic E-state index is 12.6. The molecule has 0 aliphatic carbocycles. The van der Waals surface area contributed by atoms with Crippen molar-refractivity contribution < 1.29 is 18.7 Å². The van der Waals surface area contributed by atoms with E-state index in [-0.39, 0.29) is 30.1 Å². The van der Waals surface area contributed by atoms with E-state index in [2.05, 4.69) is 20.9 Å². The molecule has 0 radical (unpaired) electrons. The molecule has 1 aromatic rings. The molecule has 2 aliphatic rings. The molecular formula is C23H37N5O4. The molecule has 9 heteroatoms. The third-order valence-electron chi connectivity index (χ3n) is 5.90. The van der Waals surface area contributed by atoms with E-state index in [1.54, 1.807) is 13.1 Å². The van der Waals surface area contributed by atoms with E-state index in [1.165, 1.54) is 6.26 Å². The lowest BCUT2D eigenvalue weighted by molar-refractivity contribution is 0.00544. The Morgan fingerprint density at radius 2 is 1.84 bits per heavy atom. The van der Waals surface area contributed by atoms with E-state index in [9.17, 15) is 9.59 Å². The first kappa shape index (κ1) is 23.9. The van der Waals surface area contributed by atoms with Gasteiger partial charge in [-0.05, 0) is 65.9 Å². The first-order valence-electron chi connectivity index (χ1n) is 11.5. The van der Waals surface area contributed by atoms with Crippen LogP contribution in [0, 0.1) is 6.92 Å². The van der Waals surface area contributed by atoms with Gasteiger partial charge in [-0.15, -0.1) is 0 Å². The molecule has 0 spiro atoms. The smallest absolute Gasteiger partial charge is 0.410 e. The van der Waals surface area contributed by atoms with Gasteiger partial charge in [0.25, 0.3) is 5.91 Å². The molecule has 2 aliphatic heterocycles. The van der Waals surface area contributed by atoms with Crippen LogP contribution in [0.2, 0.25) is 0 Å². The number of carbonyl (C=O) groups excluding carboxylic acids is 2. The van der Waals surface area contributed by atoms with Gasteiger partial charge in [0.2, 0.25) is 0 Å². The molecule has 32 heavy (non-hydrogen) atoms. The fraction of sp³-hybridized carbons (Fsp3) is 0.696. The Hall–Kier alpha value is -2.71. The van der Waals surface area contributed by atoms with Gasteiger partial charge >= 0.3 is 6.09 Å². The van der Waals surface area contributed by atoms with Gasteiger partial charge in [-0.3, -0.25) is 9.79 Å². The fourth-order valence-electron chi connectivity index (χ4n) is 4.48. The van der Waals surface area contributed by atoms with Crippen LogP contribution in [0.4, 0.5) is 4.79 Å². The van der Waals surface area contributed by atoms with Crippen LogP contribution in [0.15, 0.2) is 21.7 Å². The predicted molar refractivity (Wildman–Crippen MR) is 123 cm³/mol. The molecule has 178 valence electrons. The zero-order valence-corrected chi connectivity index (χ0v) is 19.9. The predicted octanol–water partition coefficient (Wildman–Crippen LogP) is 2.80. The van der Waals surface area contributed by atoms with Gasteiger partial charge in [0.15, 0.2) is 11.7 Å². The Balaban J connectivity index is 1.39. The van der Waals surface area contributed by atoms with Crippen molar-refractivity contribution >= 4 is 18.0 Å². The highest BCUT2D eigenvalue weighted by atomic mass is 16.6. The lowest BCUT2D eigenvalue weighted by Crippen LogP contribution is -2.55. The average molecular weight is 448 g/mol. The quantitative estimate of drug-likeness (QED) is 0.352. The number of aliphatic imine (C=N–C) groups is 1. The maximum Gasteiger partial charge on any atom is 0.410 e. The van der Waals surface area contributed by atoms with Gasteiger partial charge in [-0.2, -0.15) is 0 Å². The average Bonchev–Trinajstić information content (AvgIpc) is 3.26. The molecule has 2 amide bonds. The van der Waals surface area contributed by atoms with E-state index in [0.29, 0.717) is 18.8 Å². The molecule has 9 nitrogen and oxygen atoms in total. The lowest BCUT2D eigenvalue weighted by atomic mass is 9.98. The Kier molecular flexibility index (Phi) is 7.69. The molecule has 2 fully saturated rings. The monoisotopic (exact) mass is 447 g/mol. The minimum Gasteiger partial charge on any atom is -0.459 e. The molecule has 3 rings (SSSR count). The molecular weight excluding hydrogens is 410 g/mol. The highest BCUT2D eigenvalue weighted by Gasteiger charge is 2.45. The Morgan fingerprint density at radius 3 is 2.41 bits per heavy atom. The summed E-state index contributed by atoms with van der Waals surface area (Å²) in [4.78, 5) is 31.0. The molecule has 2 bridgehead atoms. The van der Waals surface area contributed by atoms with Gasteiger partial charge in [0.1, 0.15) is 5.60 Å². The molecule has 0 aromatic carbocycles. The summed E-state index contributed by atoms with van der Waals surface area (Å²) >= 11 is 0. The standard InChI is InChI=1S/C23H37N5O4/c1-15-9-12-31-19(15)20(29)25-10-6-11-26-21(24-5)27-16-13-17-7-8-18(14-16)28(17)22(30)32-23(2,3)4/h9,12,16-18H,6-8,10-11,13-14H2,1-5H3,(H,25,29)(H2,24,26,27). The van der Waals surface area contributed by atoms with Crippen LogP contribution in [0.3, 0.4) is 0 Å². The number of rotatable bonds is 6.